The van der Waals surface area contributed by atoms with Crippen LogP contribution in [0.4, 0.5) is 17.1 Å². The van der Waals surface area contributed by atoms with E-state index in [4.69, 9.17) is 4.42 Å². The Morgan fingerprint density at radius 1 is 0.408 bits per heavy atom. The van der Waals surface area contributed by atoms with Gasteiger partial charge in [-0.1, -0.05) is 115 Å². The zero-order valence-electron chi connectivity index (χ0n) is 26.6. The normalized spacial score (nSPS) is 11.7. The van der Waals surface area contributed by atoms with Crippen LogP contribution in [0.25, 0.3) is 71.3 Å². The van der Waals surface area contributed by atoms with E-state index in [1.165, 1.54) is 43.7 Å². The number of benzene rings is 8. The molecule has 10 rings (SSSR count). The van der Waals surface area contributed by atoms with E-state index in [0.717, 1.165) is 44.7 Å². The Bertz CT molecular complexity index is 2810. The molecule has 0 fully saturated rings. The first-order valence-electron chi connectivity index (χ1n) is 16.7. The second-order valence-corrected chi connectivity index (χ2v) is 12.6. The van der Waals surface area contributed by atoms with Gasteiger partial charge in [0.2, 0.25) is 0 Å². The molecule has 0 saturated heterocycles. The van der Waals surface area contributed by atoms with Crippen LogP contribution in [-0.2, 0) is 0 Å². The van der Waals surface area contributed by atoms with Crippen LogP contribution in [0.3, 0.4) is 0 Å². The molecule has 0 aliphatic rings. The number of fused-ring (bicyclic) bond motifs is 8. The minimum atomic E-state index is 0.901. The number of para-hydroxylation sites is 3. The second kappa shape index (κ2) is 11.0. The lowest BCUT2D eigenvalue weighted by Gasteiger charge is -2.27. The van der Waals surface area contributed by atoms with Gasteiger partial charge in [0.1, 0.15) is 11.2 Å². The van der Waals surface area contributed by atoms with E-state index < -0.39 is 0 Å². The summed E-state index contributed by atoms with van der Waals surface area (Å²) >= 11 is 0. The first-order chi connectivity index (χ1) is 24.3. The highest BCUT2D eigenvalue weighted by atomic mass is 16.3. The highest BCUT2D eigenvalue weighted by Gasteiger charge is 2.22. The summed E-state index contributed by atoms with van der Waals surface area (Å²) in [5.41, 5.74) is 11.0. The molecule has 2 aromatic heterocycles. The van der Waals surface area contributed by atoms with Crippen LogP contribution in [0.1, 0.15) is 0 Å². The highest BCUT2D eigenvalue weighted by Crippen LogP contribution is 2.45. The van der Waals surface area contributed by atoms with Crippen LogP contribution >= 0.6 is 0 Å². The van der Waals surface area contributed by atoms with Gasteiger partial charge in [-0.25, -0.2) is 0 Å². The first kappa shape index (κ1) is 27.5. The van der Waals surface area contributed by atoms with E-state index in [1.54, 1.807) is 0 Å². The molecule has 0 atom stereocenters. The third kappa shape index (κ3) is 4.37. The number of hydrogen-bond acceptors (Lipinski definition) is 2. The summed E-state index contributed by atoms with van der Waals surface area (Å²) < 4.78 is 8.70. The van der Waals surface area contributed by atoms with Crippen molar-refractivity contribution >= 4 is 71.6 Å². The first-order valence-corrected chi connectivity index (χ1v) is 16.7. The SMILES string of the molecule is c1ccc(-c2ccc(N(c3ccc4ccc5oc6ccccc6c5c4c3)c3cccc4c3c3ccccc3n4-c3ccccc3)cc2)cc1. The fourth-order valence-electron chi connectivity index (χ4n) is 7.57. The van der Waals surface area contributed by atoms with Gasteiger partial charge >= 0.3 is 0 Å². The van der Waals surface area contributed by atoms with Crippen molar-refractivity contribution in [1.29, 1.82) is 0 Å². The summed E-state index contributed by atoms with van der Waals surface area (Å²) in [6.45, 7) is 0. The minimum Gasteiger partial charge on any atom is -0.456 e. The van der Waals surface area contributed by atoms with Crippen LogP contribution in [0.15, 0.2) is 186 Å². The van der Waals surface area contributed by atoms with Crippen molar-refractivity contribution < 1.29 is 4.42 Å². The van der Waals surface area contributed by atoms with Gasteiger partial charge in [0, 0.05) is 38.6 Å². The maximum Gasteiger partial charge on any atom is 0.136 e. The maximum absolute atomic E-state index is 6.32. The largest absolute Gasteiger partial charge is 0.456 e. The average molecular weight is 627 g/mol. The van der Waals surface area contributed by atoms with Crippen molar-refractivity contribution in [1.82, 2.24) is 4.57 Å². The molecule has 0 aliphatic heterocycles. The number of aromatic nitrogens is 1. The van der Waals surface area contributed by atoms with E-state index in [9.17, 15) is 0 Å². The van der Waals surface area contributed by atoms with Crippen LogP contribution in [-0.4, -0.2) is 4.57 Å². The lowest BCUT2D eigenvalue weighted by molar-refractivity contribution is 0.669. The molecule has 49 heavy (non-hydrogen) atoms. The lowest BCUT2D eigenvalue weighted by Crippen LogP contribution is -2.10. The van der Waals surface area contributed by atoms with Gasteiger partial charge < -0.3 is 13.9 Å². The van der Waals surface area contributed by atoms with Gasteiger partial charge in [0.05, 0.1) is 16.7 Å². The fourth-order valence-corrected chi connectivity index (χ4v) is 7.57. The number of anilines is 3. The standard InChI is InChI=1S/C46H30N2O/c1-3-12-31(13-4-1)32-22-26-35(27-23-32)47(36-28-24-33-25-29-44-45(39(33)30-36)38-17-8-10-21-43(38)49-44)41-19-11-20-42-46(41)37-16-7-9-18-40(37)48(42)34-14-5-2-6-15-34/h1-30H. The van der Waals surface area contributed by atoms with E-state index in [1.807, 2.05) is 6.07 Å². The monoisotopic (exact) mass is 626 g/mol. The Morgan fingerprint density at radius 3 is 1.90 bits per heavy atom. The van der Waals surface area contributed by atoms with Crippen LogP contribution in [0.2, 0.25) is 0 Å². The average Bonchev–Trinajstić information content (AvgIpc) is 3.73. The quantitative estimate of drug-likeness (QED) is 0.190. The van der Waals surface area contributed by atoms with Gasteiger partial charge in [-0.3, -0.25) is 0 Å². The third-order valence-electron chi connectivity index (χ3n) is 9.76. The molecule has 0 saturated carbocycles. The zero-order chi connectivity index (χ0) is 32.3. The molecule has 0 spiro atoms. The van der Waals surface area contributed by atoms with Crippen LogP contribution in [0.5, 0.6) is 0 Å². The lowest BCUT2D eigenvalue weighted by atomic mass is 10.0. The minimum absolute atomic E-state index is 0.901. The molecular weight excluding hydrogens is 597 g/mol. The molecule has 2 heterocycles. The molecule has 0 aliphatic carbocycles. The van der Waals surface area contributed by atoms with Crippen LogP contribution < -0.4 is 4.90 Å². The van der Waals surface area contributed by atoms with Gasteiger partial charge in [-0.2, -0.15) is 0 Å². The van der Waals surface area contributed by atoms with Crippen molar-refractivity contribution in [2.75, 3.05) is 4.90 Å². The molecule has 0 unspecified atom stereocenters. The molecule has 0 radical (unpaired) electrons. The van der Waals surface area contributed by atoms with Crippen molar-refractivity contribution in [2.24, 2.45) is 0 Å². The molecular formula is C46H30N2O. The van der Waals surface area contributed by atoms with E-state index in [0.29, 0.717) is 0 Å². The highest BCUT2D eigenvalue weighted by molar-refractivity contribution is 6.20. The Labute approximate surface area is 283 Å². The molecule has 3 heteroatoms. The predicted octanol–water partition coefficient (Wildman–Crippen LogP) is 13.0. The molecule has 230 valence electrons. The Balaban J connectivity index is 1.27. The van der Waals surface area contributed by atoms with E-state index in [-0.39, 0.29) is 0 Å². The Kier molecular flexibility index (Phi) is 6.18. The summed E-state index contributed by atoms with van der Waals surface area (Å²) in [5.74, 6) is 0. The molecule has 8 aromatic carbocycles. The molecule has 10 aromatic rings. The van der Waals surface area contributed by atoms with Crippen molar-refractivity contribution in [3.63, 3.8) is 0 Å². The van der Waals surface area contributed by atoms with Crippen molar-refractivity contribution in [2.45, 2.75) is 0 Å². The Hall–Kier alpha value is -6.58. The number of rotatable bonds is 5. The molecule has 0 amide bonds. The summed E-state index contributed by atoms with van der Waals surface area (Å²) in [5, 5.41) is 7.05. The smallest absolute Gasteiger partial charge is 0.136 e. The summed E-state index contributed by atoms with van der Waals surface area (Å²) in [6.07, 6.45) is 0. The van der Waals surface area contributed by atoms with Gasteiger partial charge in [-0.15, -0.1) is 0 Å². The summed E-state index contributed by atoms with van der Waals surface area (Å²) in [7, 11) is 0. The maximum atomic E-state index is 6.32. The molecule has 0 N–H and O–H groups in total. The summed E-state index contributed by atoms with van der Waals surface area (Å²) in [6, 6.07) is 65.0. The number of furan rings is 1. The van der Waals surface area contributed by atoms with Crippen LogP contribution in [0, 0.1) is 0 Å². The molecule has 3 nitrogen and oxygen atoms in total. The zero-order valence-corrected chi connectivity index (χ0v) is 26.6. The Morgan fingerprint density at radius 2 is 1.06 bits per heavy atom. The number of hydrogen-bond donors (Lipinski definition) is 0. The second-order valence-electron chi connectivity index (χ2n) is 12.6. The van der Waals surface area contributed by atoms with Gasteiger partial charge in [0.15, 0.2) is 0 Å². The molecule has 0 bridgehead atoms. The van der Waals surface area contributed by atoms with Gasteiger partial charge in [-0.05, 0) is 88.6 Å². The van der Waals surface area contributed by atoms with Crippen molar-refractivity contribution in [3.05, 3.63) is 182 Å². The van der Waals surface area contributed by atoms with Crippen molar-refractivity contribution in [3.8, 4) is 16.8 Å². The van der Waals surface area contributed by atoms with Gasteiger partial charge in [0.25, 0.3) is 0 Å². The summed E-state index contributed by atoms with van der Waals surface area (Å²) in [4.78, 5) is 2.42. The third-order valence-corrected chi connectivity index (χ3v) is 9.76. The van der Waals surface area contributed by atoms with E-state index in [2.05, 4.69) is 185 Å². The number of nitrogens with zero attached hydrogens (tertiary/aromatic N) is 2. The fraction of sp³-hybridized carbons (Fsp3) is 0. The van der Waals surface area contributed by atoms with E-state index >= 15 is 0 Å². The topological polar surface area (TPSA) is 21.3 Å². The predicted molar refractivity (Wildman–Crippen MR) is 206 cm³/mol.